The molecule has 1 heterocycles. The van der Waals surface area contributed by atoms with E-state index in [0.29, 0.717) is 24.1 Å². The molecule has 0 bridgehead atoms. The Kier molecular flexibility index (Phi) is 4.22. The SMILES string of the molecule is COCc1nc(NN)cc(NN(C)C)n1. The van der Waals surface area contributed by atoms with Crippen LogP contribution in [-0.2, 0) is 11.3 Å². The summed E-state index contributed by atoms with van der Waals surface area (Å²) in [6.07, 6.45) is 0. The lowest BCUT2D eigenvalue weighted by Gasteiger charge is -2.14. The Morgan fingerprint density at radius 3 is 2.60 bits per heavy atom. The maximum absolute atomic E-state index is 5.29. The molecule has 1 aromatic heterocycles. The van der Waals surface area contributed by atoms with Crippen molar-refractivity contribution in [2.45, 2.75) is 6.61 Å². The lowest BCUT2D eigenvalue weighted by Crippen LogP contribution is -2.21. The first-order chi connectivity index (χ1) is 7.15. The first-order valence-corrected chi connectivity index (χ1v) is 4.43. The second-order valence-electron chi connectivity index (χ2n) is 3.14. The molecule has 0 saturated carbocycles. The van der Waals surface area contributed by atoms with Crippen LogP contribution >= 0.6 is 0 Å². The van der Waals surface area contributed by atoms with Gasteiger partial charge in [-0.25, -0.2) is 20.8 Å². The molecular formula is C8H16N6O. The van der Waals surface area contributed by atoms with Gasteiger partial charge in [0.05, 0.1) is 0 Å². The Labute approximate surface area is 88.6 Å². The molecule has 0 unspecified atom stereocenters. The van der Waals surface area contributed by atoms with Crippen LogP contribution in [0.25, 0.3) is 0 Å². The number of nitrogens with two attached hydrogens (primary N) is 1. The summed E-state index contributed by atoms with van der Waals surface area (Å²) in [7, 11) is 5.33. The molecular weight excluding hydrogens is 196 g/mol. The zero-order valence-corrected chi connectivity index (χ0v) is 9.11. The predicted octanol–water partition coefficient (Wildman–Crippen LogP) is -0.203. The van der Waals surface area contributed by atoms with Crippen molar-refractivity contribution in [1.82, 2.24) is 15.0 Å². The van der Waals surface area contributed by atoms with Crippen LogP contribution in [0.2, 0.25) is 0 Å². The molecule has 0 aliphatic carbocycles. The third-order valence-corrected chi connectivity index (χ3v) is 1.53. The van der Waals surface area contributed by atoms with Gasteiger partial charge in [-0.3, -0.25) is 0 Å². The number of hydrogen-bond donors (Lipinski definition) is 3. The lowest BCUT2D eigenvalue weighted by atomic mass is 10.5. The summed E-state index contributed by atoms with van der Waals surface area (Å²) >= 11 is 0. The van der Waals surface area contributed by atoms with Crippen LogP contribution in [0.15, 0.2) is 6.07 Å². The molecule has 0 spiro atoms. The average molecular weight is 212 g/mol. The molecule has 0 aliphatic heterocycles. The second-order valence-corrected chi connectivity index (χ2v) is 3.14. The van der Waals surface area contributed by atoms with E-state index >= 15 is 0 Å². The van der Waals surface area contributed by atoms with Crippen molar-refractivity contribution in [3.63, 3.8) is 0 Å². The van der Waals surface area contributed by atoms with Gasteiger partial charge in [0.15, 0.2) is 5.82 Å². The second kappa shape index (κ2) is 5.44. The number of nitrogen functional groups attached to an aromatic ring is 1. The Bertz CT molecular complexity index is 316. The molecule has 84 valence electrons. The molecule has 0 radical (unpaired) electrons. The van der Waals surface area contributed by atoms with Gasteiger partial charge >= 0.3 is 0 Å². The highest BCUT2D eigenvalue weighted by Gasteiger charge is 2.03. The molecule has 1 aromatic rings. The Hall–Kier alpha value is -1.44. The summed E-state index contributed by atoms with van der Waals surface area (Å²) in [6.45, 7) is 0.345. The monoisotopic (exact) mass is 212 g/mol. The summed E-state index contributed by atoms with van der Waals surface area (Å²) in [4.78, 5) is 8.34. The highest BCUT2D eigenvalue weighted by molar-refractivity contribution is 5.46. The number of hydrogen-bond acceptors (Lipinski definition) is 7. The van der Waals surface area contributed by atoms with E-state index in [1.807, 2.05) is 14.1 Å². The average Bonchev–Trinajstić information content (AvgIpc) is 2.16. The zero-order valence-electron chi connectivity index (χ0n) is 9.11. The first-order valence-electron chi connectivity index (χ1n) is 4.43. The maximum atomic E-state index is 5.29. The van der Waals surface area contributed by atoms with Crippen molar-refractivity contribution in [2.24, 2.45) is 5.84 Å². The minimum Gasteiger partial charge on any atom is -0.377 e. The molecule has 0 aromatic carbocycles. The summed E-state index contributed by atoms with van der Waals surface area (Å²) in [5, 5.41) is 1.78. The number of nitrogens with zero attached hydrogens (tertiary/aromatic N) is 3. The molecule has 0 saturated heterocycles. The smallest absolute Gasteiger partial charge is 0.158 e. The van der Waals surface area contributed by atoms with E-state index in [2.05, 4.69) is 20.8 Å². The minimum absolute atomic E-state index is 0.345. The topological polar surface area (TPSA) is 88.3 Å². The third kappa shape index (κ3) is 3.66. The van der Waals surface area contributed by atoms with E-state index in [4.69, 9.17) is 10.6 Å². The third-order valence-electron chi connectivity index (χ3n) is 1.53. The molecule has 0 aliphatic rings. The van der Waals surface area contributed by atoms with Gasteiger partial charge in [-0.1, -0.05) is 0 Å². The summed E-state index contributed by atoms with van der Waals surface area (Å²) in [6, 6.07) is 1.71. The molecule has 4 N–H and O–H groups in total. The fraction of sp³-hybridized carbons (Fsp3) is 0.500. The number of methoxy groups -OCH3 is 1. The van der Waals surface area contributed by atoms with Crippen molar-refractivity contribution in [3.05, 3.63) is 11.9 Å². The van der Waals surface area contributed by atoms with E-state index in [1.54, 1.807) is 18.2 Å². The fourth-order valence-electron chi connectivity index (χ4n) is 1.05. The number of rotatable bonds is 5. The number of anilines is 2. The van der Waals surface area contributed by atoms with Crippen LogP contribution in [-0.4, -0.2) is 36.2 Å². The van der Waals surface area contributed by atoms with E-state index in [1.165, 1.54) is 0 Å². The Morgan fingerprint density at radius 2 is 2.07 bits per heavy atom. The van der Waals surface area contributed by atoms with Crippen molar-refractivity contribution in [1.29, 1.82) is 0 Å². The Balaban J connectivity index is 2.89. The van der Waals surface area contributed by atoms with Gasteiger partial charge < -0.3 is 15.6 Å². The molecule has 0 amide bonds. The molecule has 7 nitrogen and oxygen atoms in total. The van der Waals surface area contributed by atoms with Crippen LogP contribution in [0.1, 0.15) is 5.82 Å². The normalized spacial score (nSPS) is 10.5. The van der Waals surface area contributed by atoms with Gasteiger partial charge in [0.25, 0.3) is 0 Å². The van der Waals surface area contributed by atoms with Crippen LogP contribution in [0.5, 0.6) is 0 Å². The summed E-state index contributed by atoms with van der Waals surface area (Å²) < 4.78 is 4.95. The maximum Gasteiger partial charge on any atom is 0.158 e. The Morgan fingerprint density at radius 1 is 1.40 bits per heavy atom. The van der Waals surface area contributed by atoms with E-state index in [0.717, 1.165) is 0 Å². The van der Waals surface area contributed by atoms with Crippen molar-refractivity contribution in [2.75, 3.05) is 32.1 Å². The highest BCUT2D eigenvalue weighted by Crippen LogP contribution is 2.10. The quantitative estimate of drug-likeness (QED) is 0.460. The standard InChI is InChI=1S/C8H16N6O/c1-14(2)13-7-4-6(12-9)10-8(11-7)5-15-3/h4H,5,9H2,1-3H3,(H2,10,11,12,13). The van der Waals surface area contributed by atoms with E-state index < -0.39 is 0 Å². The fourth-order valence-corrected chi connectivity index (χ4v) is 1.05. The first kappa shape index (κ1) is 11.6. The molecule has 7 heteroatoms. The van der Waals surface area contributed by atoms with Crippen LogP contribution < -0.4 is 16.7 Å². The number of hydrazine groups is 2. The van der Waals surface area contributed by atoms with Gasteiger partial charge in [0.1, 0.15) is 18.2 Å². The van der Waals surface area contributed by atoms with Crippen LogP contribution in [0.4, 0.5) is 11.6 Å². The van der Waals surface area contributed by atoms with Crippen LogP contribution in [0.3, 0.4) is 0 Å². The van der Waals surface area contributed by atoms with Crippen molar-refractivity contribution < 1.29 is 4.74 Å². The predicted molar refractivity (Wildman–Crippen MR) is 57.9 cm³/mol. The van der Waals surface area contributed by atoms with Gasteiger partial charge in [-0.05, 0) is 0 Å². The number of ether oxygens (including phenoxy) is 1. The van der Waals surface area contributed by atoms with Gasteiger partial charge in [0.2, 0.25) is 0 Å². The molecule has 0 fully saturated rings. The van der Waals surface area contributed by atoms with Gasteiger partial charge in [0, 0.05) is 27.3 Å². The lowest BCUT2D eigenvalue weighted by molar-refractivity contribution is 0.178. The number of aromatic nitrogens is 2. The van der Waals surface area contributed by atoms with Crippen LogP contribution in [0, 0.1) is 0 Å². The van der Waals surface area contributed by atoms with E-state index in [-0.39, 0.29) is 0 Å². The summed E-state index contributed by atoms with van der Waals surface area (Å²) in [5.74, 6) is 7.06. The largest absolute Gasteiger partial charge is 0.377 e. The molecule has 1 rings (SSSR count). The zero-order chi connectivity index (χ0) is 11.3. The van der Waals surface area contributed by atoms with E-state index in [9.17, 15) is 0 Å². The number of nitrogens with one attached hydrogen (secondary N) is 2. The summed E-state index contributed by atoms with van der Waals surface area (Å²) in [5.41, 5.74) is 5.48. The molecule has 0 atom stereocenters. The van der Waals surface area contributed by atoms with Crippen molar-refractivity contribution in [3.8, 4) is 0 Å². The highest BCUT2D eigenvalue weighted by atomic mass is 16.5. The van der Waals surface area contributed by atoms with Gasteiger partial charge in [-0.15, -0.1) is 0 Å². The van der Waals surface area contributed by atoms with Gasteiger partial charge in [-0.2, -0.15) is 0 Å². The van der Waals surface area contributed by atoms with Crippen molar-refractivity contribution >= 4 is 11.6 Å². The molecule has 15 heavy (non-hydrogen) atoms. The minimum atomic E-state index is 0.345.